The summed E-state index contributed by atoms with van der Waals surface area (Å²) >= 11 is 0. The Kier molecular flexibility index (Phi) is 4.25. The first kappa shape index (κ1) is 16.4. The summed E-state index contributed by atoms with van der Waals surface area (Å²) in [4.78, 5) is 4.49. The average molecular weight is 345 g/mol. The third-order valence-electron chi connectivity index (χ3n) is 3.85. The molecule has 7 nitrogen and oxygen atoms in total. The quantitative estimate of drug-likeness (QED) is 0.738. The van der Waals surface area contributed by atoms with E-state index >= 15 is 0 Å². The van der Waals surface area contributed by atoms with Crippen molar-refractivity contribution in [3.05, 3.63) is 65.5 Å². The van der Waals surface area contributed by atoms with Crippen LogP contribution in [0.15, 0.2) is 47.6 Å². The lowest BCUT2D eigenvalue weighted by molar-refractivity contribution is 0.561. The Morgan fingerprint density at radius 2 is 1.92 bits per heavy atom. The van der Waals surface area contributed by atoms with E-state index in [0.29, 0.717) is 17.2 Å². The molecule has 0 saturated carbocycles. The number of hydrogen-bond donors (Lipinski definition) is 2. The number of benzene rings is 1. The molecule has 0 saturated heterocycles. The van der Waals surface area contributed by atoms with Gasteiger partial charge in [-0.15, -0.1) is 0 Å². The molecule has 0 spiro atoms. The van der Waals surface area contributed by atoms with E-state index in [4.69, 9.17) is 0 Å². The van der Waals surface area contributed by atoms with Gasteiger partial charge >= 0.3 is 0 Å². The Labute approximate surface area is 140 Å². The van der Waals surface area contributed by atoms with Crippen molar-refractivity contribution in [1.82, 2.24) is 24.5 Å². The molecule has 0 aliphatic carbocycles. The lowest BCUT2D eigenvalue weighted by atomic mass is 10.1. The maximum atomic E-state index is 12.9. The normalized spacial score (nSPS) is 13.1. The number of aryl methyl sites for hydroxylation is 3. The number of nitrogens with one attached hydrogen (secondary N) is 2. The molecular weight excluding hydrogens is 326 g/mol. The Morgan fingerprint density at radius 1 is 1.21 bits per heavy atom. The highest BCUT2D eigenvalue weighted by Crippen LogP contribution is 2.25. The van der Waals surface area contributed by atoms with Gasteiger partial charge in [0.1, 0.15) is 16.8 Å². The molecule has 2 heterocycles. The second-order valence-electron chi connectivity index (χ2n) is 5.62. The molecule has 126 valence electrons. The van der Waals surface area contributed by atoms with Gasteiger partial charge < -0.3 is 4.57 Å². The van der Waals surface area contributed by atoms with Crippen molar-refractivity contribution in [3.63, 3.8) is 0 Å². The number of aromatic nitrogens is 4. The summed E-state index contributed by atoms with van der Waals surface area (Å²) in [5.41, 5.74) is 1.76. The molecule has 0 amide bonds. The maximum absolute atomic E-state index is 12.9. The predicted octanol–water partition coefficient (Wildman–Crippen LogP) is 1.83. The third-order valence-corrected chi connectivity index (χ3v) is 5.54. The van der Waals surface area contributed by atoms with Gasteiger partial charge in [0, 0.05) is 19.4 Å². The molecule has 2 aromatic heterocycles. The number of rotatable bonds is 5. The van der Waals surface area contributed by atoms with E-state index in [9.17, 15) is 8.42 Å². The second kappa shape index (κ2) is 6.21. The molecule has 1 atom stereocenters. The molecular formula is C16H19N5O2S. The molecule has 2 N–H and O–H groups in total. The fraction of sp³-hybridized carbons (Fsp3) is 0.250. The van der Waals surface area contributed by atoms with Crippen molar-refractivity contribution in [2.24, 2.45) is 7.05 Å². The molecule has 1 aromatic carbocycles. The molecule has 0 radical (unpaired) electrons. The van der Waals surface area contributed by atoms with Gasteiger partial charge in [-0.3, -0.25) is 5.10 Å². The van der Waals surface area contributed by atoms with E-state index in [-0.39, 0.29) is 4.90 Å². The summed E-state index contributed by atoms with van der Waals surface area (Å²) in [5.74, 6) is 0.614. The fourth-order valence-corrected chi connectivity index (χ4v) is 4.27. The zero-order valence-electron chi connectivity index (χ0n) is 13.7. The minimum Gasteiger partial charge on any atom is -0.336 e. The number of nitrogens with zero attached hydrogens (tertiary/aromatic N) is 3. The van der Waals surface area contributed by atoms with E-state index in [2.05, 4.69) is 19.9 Å². The van der Waals surface area contributed by atoms with Crippen LogP contribution in [0.3, 0.4) is 0 Å². The molecule has 0 unspecified atom stereocenters. The van der Waals surface area contributed by atoms with Crippen molar-refractivity contribution in [2.45, 2.75) is 24.8 Å². The number of hydrogen-bond acceptors (Lipinski definition) is 4. The second-order valence-corrected chi connectivity index (χ2v) is 7.28. The predicted molar refractivity (Wildman–Crippen MR) is 89.9 cm³/mol. The molecule has 8 heteroatoms. The van der Waals surface area contributed by atoms with Crippen LogP contribution in [-0.2, 0) is 17.1 Å². The van der Waals surface area contributed by atoms with E-state index in [1.807, 2.05) is 37.4 Å². The number of H-pyrrole nitrogens is 1. The SMILES string of the molecule is Cc1n[nH]c(C)c1S(=O)(=O)N[C@@H](c1ccccc1)c1nccn1C. The van der Waals surface area contributed by atoms with E-state index in [0.717, 1.165) is 5.56 Å². The molecule has 0 bridgehead atoms. The highest BCUT2D eigenvalue weighted by atomic mass is 32.2. The monoisotopic (exact) mass is 345 g/mol. The molecule has 0 aliphatic rings. The first-order chi connectivity index (χ1) is 11.4. The zero-order chi connectivity index (χ0) is 17.3. The maximum Gasteiger partial charge on any atom is 0.245 e. The highest BCUT2D eigenvalue weighted by Gasteiger charge is 2.29. The summed E-state index contributed by atoms with van der Waals surface area (Å²) in [6.07, 6.45) is 3.43. The van der Waals surface area contributed by atoms with Gasteiger partial charge in [-0.2, -0.15) is 9.82 Å². The minimum atomic E-state index is -3.77. The molecule has 3 aromatic rings. The first-order valence-corrected chi connectivity index (χ1v) is 8.94. The van der Waals surface area contributed by atoms with Gasteiger partial charge in [-0.1, -0.05) is 30.3 Å². The van der Waals surface area contributed by atoms with Crippen LogP contribution >= 0.6 is 0 Å². The van der Waals surface area contributed by atoms with E-state index in [1.165, 1.54) is 0 Å². The van der Waals surface area contributed by atoms with Crippen molar-refractivity contribution in [3.8, 4) is 0 Å². The van der Waals surface area contributed by atoms with E-state index < -0.39 is 16.1 Å². The Morgan fingerprint density at radius 3 is 2.46 bits per heavy atom. The average Bonchev–Trinajstić information content (AvgIpc) is 3.12. The fourth-order valence-electron chi connectivity index (χ4n) is 2.72. The van der Waals surface area contributed by atoms with Crippen LogP contribution < -0.4 is 4.72 Å². The third kappa shape index (κ3) is 2.98. The van der Waals surface area contributed by atoms with Crippen LogP contribution in [0.2, 0.25) is 0 Å². The standard InChI is InChI=1S/C16H19N5O2S/c1-11-15(12(2)19-18-11)24(22,23)20-14(13-7-5-4-6-8-13)16-17-9-10-21(16)3/h4-10,14,20H,1-3H3,(H,18,19)/t14-/m0/s1. The van der Waals surface area contributed by atoms with Gasteiger partial charge in [-0.05, 0) is 19.4 Å². The summed E-state index contributed by atoms with van der Waals surface area (Å²) in [7, 11) is -1.93. The van der Waals surface area contributed by atoms with Crippen LogP contribution in [0.4, 0.5) is 0 Å². The van der Waals surface area contributed by atoms with Crippen LogP contribution in [0.5, 0.6) is 0 Å². The molecule has 0 fully saturated rings. The summed E-state index contributed by atoms with van der Waals surface area (Å²) in [5, 5.41) is 6.69. The topological polar surface area (TPSA) is 92.7 Å². The molecule has 24 heavy (non-hydrogen) atoms. The number of imidazole rings is 1. The molecule has 3 rings (SSSR count). The largest absolute Gasteiger partial charge is 0.336 e. The Balaban J connectivity index is 2.07. The van der Waals surface area contributed by atoms with Crippen molar-refractivity contribution in [1.29, 1.82) is 0 Å². The lowest BCUT2D eigenvalue weighted by Gasteiger charge is -2.19. The smallest absolute Gasteiger partial charge is 0.245 e. The van der Waals surface area contributed by atoms with Gasteiger partial charge in [0.05, 0.1) is 11.4 Å². The van der Waals surface area contributed by atoms with Gasteiger partial charge in [-0.25, -0.2) is 13.4 Å². The van der Waals surface area contributed by atoms with Gasteiger partial charge in [0.2, 0.25) is 10.0 Å². The lowest BCUT2D eigenvalue weighted by Crippen LogP contribution is -2.31. The van der Waals surface area contributed by atoms with Crippen molar-refractivity contribution in [2.75, 3.05) is 0 Å². The first-order valence-electron chi connectivity index (χ1n) is 7.46. The Hall–Kier alpha value is -2.45. The minimum absolute atomic E-state index is 0.178. The summed E-state index contributed by atoms with van der Waals surface area (Å²) < 4.78 is 30.4. The zero-order valence-corrected chi connectivity index (χ0v) is 14.5. The highest BCUT2D eigenvalue weighted by molar-refractivity contribution is 7.89. The van der Waals surface area contributed by atoms with Crippen LogP contribution in [0.1, 0.15) is 28.8 Å². The summed E-state index contributed by atoms with van der Waals surface area (Å²) in [6, 6.07) is 8.78. The number of sulfonamides is 1. The van der Waals surface area contributed by atoms with Crippen molar-refractivity contribution >= 4 is 10.0 Å². The summed E-state index contributed by atoms with van der Waals surface area (Å²) in [6.45, 7) is 3.35. The number of aromatic amines is 1. The van der Waals surface area contributed by atoms with Gasteiger partial charge in [0.25, 0.3) is 0 Å². The van der Waals surface area contributed by atoms with Crippen LogP contribution in [-0.4, -0.2) is 28.2 Å². The van der Waals surface area contributed by atoms with Crippen LogP contribution in [0, 0.1) is 13.8 Å². The van der Waals surface area contributed by atoms with Crippen LogP contribution in [0.25, 0.3) is 0 Å². The van der Waals surface area contributed by atoms with Gasteiger partial charge in [0.15, 0.2) is 0 Å². The van der Waals surface area contributed by atoms with Crippen molar-refractivity contribution < 1.29 is 8.42 Å². The Bertz CT molecular complexity index is 925. The molecule has 0 aliphatic heterocycles. The van der Waals surface area contributed by atoms with E-state index in [1.54, 1.807) is 30.8 Å².